The molecule has 1 aliphatic heterocycles. The van der Waals surface area contributed by atoms with E-state index in [2.05, 4.69) is 15.3 Å². The quantitative estimate of drug-likeness (QED) is 0.706. The van der Waals surface area contributed by atoms with Crippen LogP contribution in [-0.2, 0) is 4.79 Å². The van der Waals surface area contributed by atoms with Crippen molar-refractivity contribution in [2.24, 2.45) is 0 Å². The fourth-order valence-corrected chi connectivity index (χ4v) is 4.60. The smallest absolute Gasteiger partial charge is 0.220 e. The van der Waals surface area contributed by atoms with Crippen molar-refractivity contribution in [1.29, 1.82) is 0 Å². The number of aryl methyl sites for hydroxylation is 1. The minimum absolute atomic E-state index is 0.149. The number of rotatable bonds is 5. The zero-order valence-corrected chi connectivity index (χ0v) is 16.9. The molecule has 6 nitrogen and oxygen atoms in total. The molecule has 1 saturated heterocycles. The second-order valence-corrected chi connectivity index (χ2v) is 8.18. The lowest BCUT2D eigenvalue weighted by Gasteiger charge is -2.32. The fourth-order valence-electron chi connectivity index (χ4n) is 3.56. The van der Waals surface area contributed by atoms with Gasteiger partial charge in [0.25, 0.3) is 0 Å². The summed E-state index contributed by atoms with van der Waals surface area (Å²) in [5.41, 5.74) is 2.53. The third kappa shape index (κ3) is 3.73. The Morgan fingerprint density at radius 1 is 1.29 bits per heavy atom. The molecule has 0 aliphatic carbocycles. The van der Waals surface area contributed by atoms with E-state index in [1.807, 2.05) is 13.8 Å². The number of hydrogen-bond acceptors (Lipinski definition) is 5. The standard InChI is InChI=1S/C20H24FN5OS/c1-3-4-17(27)22-15-9-11-25(12-10-15)20-23-19-18(28-20)13(2)24-26(19)16-7-5-14(21)6-8-16/h5-8,15H,3-4,9-12H2,1-2H3,(H,22,27). The van der Waals surface area contributed by atoms with Crippen molar-refractivity contribution >= 4 is 32.7 Å². The molecule has 0 spiro atoms. The van der Waals surface area contributed by atoms with E-state index < -0.39 is 0 Å². The maximum atomic E-state index is 13.2. The minimum Gasteiger partial charge on any atom is -0.353 e. The molecule has 0 radical (unpaired) electrons. The molecule has 0 unspecified atom stereocenters. The normalized spacial score (nSPS) is 15.3. The zero-order chi connectivity index (χ0) is 19.7. The van der Waals surface area contributed by atoms with Gasteiger partial charge in [0.1, 0.15) is 5.82 Å². The Balaban J connectivity index is 1.51. The number of fused-ring (bicyclic) bond motifs is 1. The molecule has 148 valence electrons. The van der Waals surface area contributed by atoms with Gasteiger partial charge in [0.05, 0.1) is 16.1 Å². The maximum Gasteiger partial charge on any atom is 0.220 e. The first-order chi connectivity index (χ1) is 13.5. The molecule has 4 rings (SSSR count). The first-order valence-electron chi connectivity index (χ1n) is 9.71. The molecule has 0 atom stereocenters. The second kappa shape index (κ2) is 7.87. The highest BCUT2D eigenvalue weighted by molar-refractivity contribution is 7.22. The lowest BCUT2D eigenvalue weighted by atomic mass is 10.1. The van der Waals surface area contributed by atoms with Gasteiger partial charge < -0.3 is 10.2 Å². The molecule has 28 heavy (non-hydrogen) atoms. The number of halogens is 1. The molecule has 1 amide bonds. The number of hydrogen-bond donors (Lipinski definition) is 1. The number of thiazole rings is 1. The van der Waals surface area contributed by atoms with Gasteiger partial charge in [-0.1, -0.05) is 18.3 Å². The van der Waals surface area contributed by atoms with Crippen LogP contribution in [0.4, 0.5) is 9.52 Å². The largest absolute Gasteiger partial charge is 0.353 e. The SMILES string of the molecule is CCCC(=O)NC1CCN(c2nc3c(s2)c(C)nn3-c2ccc(F)cc2)CC1. The number of amides is 1. The zero-order valence-electron chi connectivity index (χ0n) is 16.1. The number of anilines is 1. The van der Waals surface area contributed by atoms with Gasteiger partial charge in [-0.25, -0.2) is 9.07 Å². The molecule has 1 fully saturated rings. The summed E-state index contributed by atoms with van der Waals surface area (Å²) in [5.74, 6) is -0.118. The van der Waals surface area contributed by atoms with Gasteiger partial charge in [0, 0.05) is 25.6 Å². The Morgan fingerprint density at radius 2 is 2.00 bits per heavy atom. The number of carbonyl (C=O) groups excluding carboxylic acids is 1. The number of aromatic nitrogens is 3. The van der Waals surface area contributed by atoms with Crippen molar-refractivity contribution in [3.05, 3.63) is 35.8 Å². The van der Waals surface area contributed by atoms with E-state index in [-0.39, 0.29) is 17.8 Å². The summed E-state index contributed by atoms with van der Waals surface area (Å²) in [6, 6.07) is 6.54. The van der Waals surface area contributed by atoms with Gasteiger partial charge in [-0.2, -0.15) is 10.1 Å². The molecule has 1 aliphatic rings. The van der Waals surface area contributed by atoms with Crippen LogP contribution in [0.5, 0.6) is 0 Å². The highest BCUT2D eigenvalue weighted by atomic mass is 32.1. The highest BCUT2D eigenvalue weighted by Gasteiger charge is 2.24. The first kappa shape index (κ1) is 18.9. The van der Waals surface area contributed by atoms with Crippen LogP contribution in [0.15, 0.2) is 24.3 Å². The van der Waals surface area contributed by atoms with Crippen molar-refractivity contribution < 1.29 is 9.18 Å². The lowest BCUT2D eigenvalue weighted by Crippen LogP contribution is -2.44. The van der Waals surface area contributed by atoms with Crippen molar-refractivity contribution in [2.75, 3.05) is 18.0 Å². The molecule has 8 heteroatoms. The molecule has 1 aromatic carbocycles. The molecular formula is C20H24FN5OS. The Kier molecular flexibility index (Phi) is 5.30. The van der Waals surface area contributed by atoms with Crippen LogP contribution in [-0.4, -0.2) is 39.8 Å². The van der Waals surface area contributed by atoms with E-state index in [9.17, 15) is 9.18 Å². The van der Waals surface area contributed by atoms with E-state index in [1.54, 1.807) is 28.2 Å². The first-order valence-corrected chi connectivity index (χ1v) is 10.5. The fraction of sp³-hybridized carbons (Fsp3) is 0.450. The molecule has 1 N–H and O–H groups in total. The number of piperidine rings is 1. The molecular weight excluding hydrogens is 377 g/mol. The Labute approximate surface area is 167 Å². The van der Waals surface area contributed by atoms with Crippen molar-refractivity contribution in [3.8, 4) is 5.69 Å². The second-order valence-electron chi connectivity index (χ2n) is 7.20. The molecule has 0 saturated carbocycles. The van der Waals surface area contributed by atoms with Crippen LogP contribution in [0.2, 0.25) is 0 Å². The van der Waals surface area contributed by atoms with Gasteiger partial charge in [-0.3, -0.25) is 4.79 Å². The summed E-state index contributed by atoms with van der Waals surface area (Å²) in [4.78, 5) is 18.9. The molecule has 2 aromatic heterocycles. The Morgan fingerprint density at radius 3 is 2.68 bits per heavy atom. The van der Waals surface area contributed by atoms with Crippen LogP contribution in [0.3, 0.4) is 0 Å². The average molecular weight is 402 g/mol. The monoisotopic (exact) mass is 401 g/mol. The van der Waals surface area contributed by atoms with Crippen LogP contribution in [0, 0.1) is 12.7 Å². The Hall–Kier alpha value is -2.48. The number of nitrogens with zero attached hydrogens (tertiary/aromatic N) is 4. The van der Waals surface area contributed by atoms with Gasteiger partial charge >= 0.3 is 0 Å². The number of carbonyl (C=O) groups is 1. The number of benzene rings is 1. The predicted molar refractivity (Wildman–Crippen MR) is 110 cm³/mol. The summed E-state index contributed by atoms with van der Waals surface area (Å²) >= 11 is 1.64. The van der Waals surface area contributed by atoms with Gasteiger partial charge in [0.2, 0.25) is 5.91 Å². The molecule has 3 heterocycles. The van der Waals surface area contributed by atoms with Gasteiger partial charge in [-0.15, -0.1) is 0 Å². The van der Waals surface area contributed by atoms with E-state index in [4.69, 9.17) is 4.98 Å². The third-order valence-electron chi connectivity index (χ3n) is 5.06. The molecule has 3 aromatic rings. The minimum atomic E-state index is -0.267. The van der Waals surface area contributed by atoms with Crippen molar-refractivity contribution in [2.45, 2.75) is 45.6 Å². The van der Waals surface area contributed by atoms with Crippen LogP contribution in [0.1, 0.15) is 38.3 Å². The Bertz CT molecular complexity index is 973. The maximum absolute atomic E-state index is 13.2. The van der Waals surface area contributed by atoms with Crippen LogP contribution in [0.25, 0.3) is 16.0 Å². The van der Waals surface area contributed by atoms with E-state index in [0.717, 1.165) is 59.2 Å². The third-order valence-corrected chi connectivity index (χ3v) is 6.27. The highest BCUT2D eigenvalue weighted by Crippen LogP contribution is 2.33. The van der Waals surface area contributed by atoms with Crippen LogP contribution >= 0.6 is 11.3 Å². The van der Waals surface area contributed by atoms with Crippen LogP contribution < -0.4 is 10.2 Å². The summed E-state index contributed by atoms with van der Waals surface area (Å²) in [7, 11) is 0. The lowest BCUT2D eigenvalue weighted by molar-refractivity contribution is -0.121. The van der Waals surface area contributed by atoms with Gasteiger partial charge in [0.15, 0.2) is 10.8 Å². The molecule has 0 bridgehead atoms. The average Bonchev–Trinajstić information content (AvgIpc) is 3.24. The van der Waals surface area contributed by atoms with E-state index >= 15 is 0 Å². The van der Waals surface area contributed by atoms with Crippen molar-refractivity contribution in [3.63, 3.8) is 0 Å². The summed E-state index contributed by atoms with van der Waals surface area (Å²) < 4.78 is 16.1. The summed E-state index contributed by atoms with van der Waals surface area (Å²) in [5, 5.41) is 8.68. The van der Waals surface area contributed by atoms with Gasteiger partial charge in [-0.05, 0) is 50.5 Å². The van der Waals surface area contributed by atoms with Crippen molar-refractivity contribution in [1.82, 2.24) is 20.1 Å². The van der Waals surface area contributed by atoms with E-state index in [0.29, 0.717) is 6.42 Å². The summed E-state index contributed by atoms with van der Waals surface area (Å²) in [6.07, 6.45) is 3.32. The summed E-state index contributed by atoms with van der Waals surface area (Å²) in [6.45, 7) is 5.73. The number of nitrogens with one attached hydrogen (secondary N) is 1. The predicted octanol–water partition coefficient (Wildman–Crippen LogP) is 3.81. The van der Waals surface area contributed by atoms with E-state index in [1.165, 1.54) is 12.1 Å². The topological polar surface area (TPSA) is 63.1 Å².